The molecule has 1 unspecified atom stereocenters. The molecule has 1 aromatic heterocycles. The van der Waals surface area contributed by atoms with Gasteiger partial charge in [-0.15, -0.1) is 0 Å². The minimum Gasteiger partial charge on any atom is -0.468 e. The molecule has 1 aromatic rings. The van der Waals surface area contributed by atoms with E-state index in [4.69, 9.17) is 5.73 Å². The van der Waals surface area contributed by atoms with Crippen molar-refractivity contribution in [3.05, 3.63) is 30.1 Å². The number of nitrogens with two attached hydrogens (primary N) is 1. The van der Waals surface area contributed by atoms with Crippen molar-refractivity contribution in [2.24, 2.45) is 5.73 Å². The molecule has 0 aromatic carbocycles. The highest BCUT2D eigenvalue weighted by Crippen LogP contribution is 2.04. The number of likely N-dealkylation sites (N-methyl/N-ethyl adjacent to an activating group) is 1. The van der Waals surface area contributed by atoms with Crippen LogP contribution in [-0.4, -0.2) is 42.6 Å². The summed E-state index contributed by atoms with van der Waals surface area (Å²) >= 11 is 0. The second-order valence-corrected chi connectivity index (χ2v) is 3.51. The number of hydrogen-bond acceptors (Lipinski definition) is 5. The number of hydrogen-bond donors (Lipinski definition) is 1. The van der Waals surface area contributed by atoms with Crippen molar-refractivity contribution in [1.82, 2.24) is 9.88 Å². The Kier molecular flexibility index (Phi) is 4.88. The topological polar surface area (TPSA) is 68.5 Å². The monoisotopic (exact) mass is 223 g/mol. The zero-order valence-corrected chi connectivity index (χ0v) is 9.59. The third-order valence-electron chi connectivity index (χ3n) is 2.37. The summed E-state index contributed by atoms with van der Waals surface area (Å²) in [5.74, 6) is -0.319. The van der Waals surface area contributed by atoms with Crippen molar-refractivity contribution in [3.63, 3.8) is 0 Å². The molecule has 0 amide bonds. The molecule has 0 aliphatic heterocycles. The Labute approximate surface area is 95.2 Å². The third-order valence-corrected chi connectivity index (χ3v) is 2.37. The number of rotatable bonds is 5. The summed E-state index contributed by atoms with van der Waals surface area (Å²) in [5, 5.41) is 0. The van der Waals surface area contributed by atoms with Crippen LogP contribution in [0.2, 0.25) is 0 Å². The fourth-order valence-corrected chi connectivity index (χ4v) is 1.45. The van der Waals surface area contributed by atoms with Gasteiger partial charge in [0.2, 0.25) is 0 Å². The van der Waals surface area contributed by atoms with E-state index in [1.165, 1.54) is 7.11 Å². The lowest BCUT2D eigenvalue weighted by Crippen LogP contribution is -2.44. The van der Waals surface area contributed by atoms with Crippen LogP contribution in [0, 0.1) is 0 Å². The summed E-state index contributed by atoms with van der Waals surface area (Å²) in [4.78, 5) is 17.4. The highest BCUT2D eigenvalue weighted by atomic mass is 16.5. The molecule has 1 atom stereocenters. The molecule has 0 bridgehead atoms. The van der Waals surface area contributed by atoms with Crippen LogP contribution in [0.4, 0.5) is 0 Å². The Morgan fingerprint density at radius 3 is 2.88 bits per heavy atom. The Morgan fingerprint density at radius 1 is 1.62 bits per heavy atom. The Morgan fingerprint density at radius 2 is 2.38 bits per heavy atom. The zero-order chi connectivity index (χ0) is 12.0. The van der Waals surface area contributed by atoms with Gasteiger partial charge in [0.15, 0.2) is 0 Å². The molecule has 5 heteroatoms. The molecular formula is C11H17N3O2. The number of carbonyl (C=O) groups excluding carboxylic acids is 1. The van der Waals surface area contributed by atoms with E-state index in [1.54, 1.807) is 6.20 Å². The molecule has 0 spiro atoms. The summed E-state index contributed by atoms with van der Waals surface area (Å²) < 4.78 is 4.68. The van der Waals surface area contributed by atoms with Gasteiger partial charge in [-0.3, -0.25) is 14.7 Å². The first-order valence-corrected chi connectivity index (χ1v) is 5.07. The smallest absolute Gasteiger partial charge is 0.324 e. The van der Waals surface area contributed by atoms with Crippen LogP contribution in [0.3, 0.4) is 0 Å². The average Bonchev–Trinajstić information content (AvgIpc) is 2.31. The number of nitrogens with zero attached hydrogens (tertiary/aromatic N) is 2. The largest absolute Gasteiger partial charge is 0.468 e. The standard InChI is InChI=1S/C11H17N3O2/c1-14(10(7-12)11(15)16-2)8-9-5-3-4-6-13-9/h3-6,10H,7-8,12H2,1-2H3. The van der Waals surface area contributed by atoms with E-state index in [-0.39, 0.29) is 12.5 Å². The van der Waals surface area contributed by atoms with Crippen molar-refractivity contribution in [2.45, 2.75) is 12.6 Å². The first kappa shape index (κ1) is 12.6. The molecule has 0 aliphatic rings. The van der Waals surface area contributed by atoms with Crippen LogP contribution in [0.5, 0.6) is 0 Å². The summed E-state index contributed by atoms with van der Waals surface area (Å²) in [6.07, 6.45) is 1.72. The minimum absolute atomic E-state index is 0.232. The first-order chi connectivity index (χ1) is 7.69. The van der Waals surface area contributed by atoms with Gasteiger partial charge in [-0.1, -0.05) is 6.07 Å². The maximum atomic E-state index is 11.4. The number of ether oxygens (including phenoxy) is 1. The molecule has 5 nitrogen and oxygen atoms in total. The lowest BCUT2D eigenvalue weighted by Gasteiger charge is -2.24. The van der Waals surface area contributed by atoms with E-state index in [0.29, 0.717) is 6.54 Å². The lowest BCUT2D eigenvalue weighted by atomic mass is 10.2. The predicted octanol–water partition coefficient (Wildman–Crippen LogP) is 0.0137. The highest BCUT2D eigenvalue weighted by Gasteiger charge is 2.22. The lowest BCUT2D eigenvalue weighted by molar-refractivity contribution is -0.146. The molecule has 2 N–H and O–H groups in total. The molecule has 16 heavy (non-hydrogen) atoms. The predicted molar refractivity (Wildman–Crippen MR) is 60.6 cm³/mol. The second-order valence-electron chi connectivity index (χ2n) is 3.51. The van der Waals surface area contributed by atoms with Gasteiger partial charge in [0.05, 0.1) is 12.8 Å². The van der Waals surface area contributed by atoms with Gasteiger partial charge < -0.3 is 10.5 Å². The Bertz CT molecular complexity index is 329. The Balaban J connectivity index is 2.63. The van der Waals surface area contributed by atoms with Gasteiger partial charge in [0, 0.05) is 19.3 Å². The van der Waals surface area contributed by atoms with E-state index in [0.717, 1.165) is 5.69 Å². The van der Waals surface area contributed by atoms with Gasteiger partial charge in [0.25, 0.3) is 0 Å². The van der Waals surface area contributed by atoms with E-state index >= 15 is 0 Å². The quantitative estimate of drug-likeness (QED) is 0.712. The van der Waals surface area contributed by atoms with Crippen LogP contribution in [-0.2, 0) is 16.1 Å². The van der Waals surface area contributed by atoms with E-state index in [9.17, 15) is 4.79 Å². The second kappa shape index (κ2) is 6.19. The number of pyridine rings is 1. The maximum Gasteiger partial charge on any atom is 0.324 e. The fraction of sp³-hybridized carbons (Fsp3) is 0.455. The average molecular weight is 223 g/mol. The molecule has 88 valence electrons. The molecule has 0 aliphatic carbocycles. The van der Waals surface area contributed by atoms with Crippen molar-refractivity contribution >= 4 is 5.97 Å². The first-order valence-electron chi connectivity index (χ1n) is 5.07. The van der Waals surface area contributed by atoms with E-state index in [2.05, 4.69) is 9.72 Å². The van der Waals surface area contributed by atoms with Crippen molar-refractivity contribution in [3.8, 4) is 0 Å². The highest BCUT2D eigenvalue weighted by molar-refractivity contribution is 5.75. The third kappa shape index (κ3) is 3.29. The van der Waals surface area contributed by atoms with Crippen LogP contribution in [0.1, 0.15) is 5.69 Å². The van der Waals surface area contributed by atoms with Gasteiger partial charge >= 0.3 is 5.97 Å². The van der Waals surface area contributed by atoms with Crippen molar-refractivity contribution in [1.29, 1.82) is 0 Å². The summed E-state index contributed by atoms with van der Waals surface area (Å²) in [7, 11) is 3.18. The van der Waals surface area contributed by atoms with Crippen molar-refractivity contribution < 1.29 is 9.53 Å². The summed E-state index contributed by atoms with van der Waals surface area (Å²) in [6, 6.07) is 5.24. The molecule has 1 rings (SSSR count). The van der Waals surface area contributed by atoms with E-state index < -0.39 is 6.04 Å². The van der Waals surface area contributed by atoms with Crippen LogP contribution >= 0.6 is 0 Å². The molecule has 1 heterocycles. The zero-order valence-electron chi connectivity index (χ0n) is 9.59. The molecule has 0 fully saturated rings. The van der Waals surface area contributed by atoms with Crippen LogP contribution in [0.15, 0.2) is 24.4 Å². The Hall–Kier alpha value is -1.46. The molecule has 0 saturated carbocycles. The summed E-state index contributed by atoms with van der Waals surface area (Å²) in [6.45, 7) is 0.799. The summed E-state index contributed by atoms with van der Waals surface area (Å²) in [5.41, 5.74) is 6.44. The SMILES string of the molecule is COC(=O)C(CN)N(C)Cc1ccccn1. The molecule has 0 saturated heterocycles. The van der Waals surface area contributed by atoms with Gasteiger partial charge in [-0.05, 0) is 19.2 Å². The fourth-order valence-electron chi connectivity index (χ4n) is 1.45. The van der Waals surface area contributed by atoms with Crippen LogP contribution < -0.4 is 5.73 Å². The number of aromatic nitrogens is 1. The normalized spacial score (nSPS) is 12.5. The van der Waals surface area contributed by atoms with Gasteiger partial charge in [-0.2, -0.15) is 0 Å². The minimum atomic E-state index is -0.424. The van der Waals surface area contributed by atoms with E-state index in [1.807, 2.05) is 30.1 Å². The number of carbonyl (C=O) groups is 1. The molecular weight excluding hydrogens is 206 g/mol. The number of esters is 1. The van der Waals surface area contributed by atoms with Crippen molar-refractivity contribution in [2.75, 3.05) is 20.7 Å². The maximum absolute atomic E-state index is 11.4. The van der Waals surface area contributed by atoms with Gasteiger partial charge in [-0.25, -0.2) is 0 Å². The van der Waals surface area contributed by atoms with Crippen LogP contribution in [0.25, 0.3) is 0 Å². The van der Waals surface area contributed by atoms with Gasteiger partial charge in [0.1, 0.15) is 6.04 Å². The number of methoxy groups -OCH3 is 1. The molecule has 0 radical (unpaired) electrons.